The lowest BCUT2D eigenvalue weighted by atomic mass is 9.89. The van der Waals surface area contributed by atoms with Crippen molar-refractivity contribution in [2.45, 2.75) is 38.6 Å². The lowest BCUT2D eigenvalue weighted by molar-refractivity contribution is 0.322. The van der Waals surface area contributed by atoms with Gasteiger partial charge in [-0.25, -0.2) is 4.98 Å². The van der Waals surface area contributed by atoms with E-state index in [2.05, 4.69) is 25.5 Å². The van der Waals surface area contributed by atoms with Crippen molar-refractivity contribution in [1.82, 2.24) is 9.55 Å². The Hall–Kier alpha value is -1.03. The number of hydrogen-bond acceptors (Lipinski definition) is 2. The van der Waals surface area contributed by atoms with Crippen LogP contribution < -0.4 is 5.73 Å². The van der Waals surface area contributed by atoms with Gasteiger partial charge in [0.15, 0.2) is 0 Å². The van der Waals surface area contributed by atoms with Crippen molar-refractivity contribution >= 4 is 32.7 Å². The van der Waals surface area contributed by atoms with Crippen molar-refractivity contribution in [1.29, 1.82) is 0 Å². The van der Waals surface area contributed by atoms with Crippen LogP contribution in [-0.2, 0) is 6.54 Å². The number of nitrogens with two attached hydrogens (primary N) is 1. The van der Waals surface area contributed by atoms with Gasteiger partial charge in [0.2, 0.25) is 0 Å². The van der Waals surface area contributed by atoms with Gasteiger partial charge in [-0.15, -0.1) is 0 Å². The summed E-state index contributed by atoms with van der Waals surface area (Å²) in [4.78, 5) is 4.46. The van der Waals surface area contributed by atoms with Crippen molar-refractivity contribution < 1.29 is 0 Å². The first-order valence-corrected chi connectivity index (χ1v) is 7.44. The second-order valence-corrected chi connectivity index (χ2v) is 6.03. The highest BCUT2D eigenvalue weighted by atomic mass is 79.9. The largest absolute Gasteiger partial charge is 0.398 e. The maximum atomic E-state index is 5.96. The Morgan fingerprint density at radius 3 is 2.83 bits per heavy atom. The Morgan fingerprint density at radius 1 is 1.28 bits per heavy atom. The molecule has 0 aliphatic heterocycles. The molecule has 96 valence electrons. The smallest absolute Gasteiger partial charge is 0.0958 e. The first-order chi connectivity index (χ1) is 8.75. The van der Waals surface area contributed by atoms with Crippen LogP contribution in [0, 0.1) is 5.92 Å². The van der Waals surface area contributed by atoms with E-state index in [0.717, 1.165) is 33.7 Å². The number of benzene rings is 1. The number of nitrogen functional groups attached to an aromatic ring is 1. The average molecular weight is 308 g/mol. The zero-order valence-corrected chi connectivity index (χ0v) is 12.0. The molecule has 0 unspecified atom stereocenters. The topological polar surface area (TPSA) is 43.8 Å². The van der Waals surface area contributed by atoms with E-state index in [0.29, 0.717) is 0 Å². The van der Waals surface area contributed by atoms with E-state index < -0.39 is 0 Å². The summed E-state index contributed by atoms with van der Waals surface area (Å²) in [7, 11) is 0. The van der Waals surface area contributed by atoms with Crippen LogP contribution in [0.2, 0.25) is 0 Å². The molecule has 3 rings (SSSR count). The highest BCUT2D eigenvalue weighted by molar-refractivity contribution is 9.10. The van der Waals surface area contributed by atoms with E-state index in [1.807, 2.05) is 18.5 Å². The van der Waals surface area contributed by atoms with Gasteiger partial charge >= 0.3 is 0 Å². The SMILES string of the molecule is Nc1ccc2ncn(CC3CCCCC3)c2c1Br. The minimum absolute atomic E-state index is 0.785. The predicted octanol–water partition coefficient (Wildman–Crippen LogP) is 3.96. The molecule has 4 heteroatoms. The van der Waals surface area contributed by atoms with Gasteiger partial charge in [-0.05, 0) is 46.8 Å². The van der Waals surface area contributed by atoms with Gasteiger partial charge in [0.1, 0.15) is 0 Å². The maximum absolute atomic E-state index is 5.96. The number of nitrogens with zero attached hydrogens (tertiary/aromatic N) is 2. The molecule has 1 fully saturated rings. The van der Waals surface area contributed by atoms with E-state index in [4.69, 9.17) is 5.73 Å². The van der Waals surface area contributed by atoms with E-state index in [1.54, 1.807) is 0 Å². The number of halogens is 1. The van der Waals surface area contributed by atoms with Crippen molar-refractivity contribution in [2.24, 2.45) is 5.92 Å². The van der Waals surface area contributed by atoms with Crippen molar-refractivity contribution in [3.05, 3.63) is 22.9 Å². The molecule has 1 aromatic carbocycles. The molecule has 0 atom stereocenters. The third-order valence-corrected chi connectivity index (χ3v) is 4.76. The van der Waals surface area contributed by atoms with Gasteiger partial charge in [0.05, 0.1) is 21.8 Å². The van der Waals surface area contributed by atoms with E-state index in [-0.39, 0.29) is 0 Å². The third kappa shape index (κ3) is 2.14. The number of hydrogen-bond donors (Lipinski definition) is 1. The molecule has 2 N–H and O–H groups in total. The molecular weight excluding hydrogens is 290 g/mol. The molecule has 18 heavy (non-hydrogen) atoms. The van der Waals surface area contributed by atoms with Gasteiger partial charge in [0, 0.05) is 12.2 Å². The minimum atomic E-state index is 0.785. The monoisotopic (exact) mass is 307 g/mol. The number of imidazole rings is 1. The minimum Gasteiger partial charge on any atom is -0.398 e. The lowest BCUT2D eigenvalue weighted by Gasteiger charge is -2.22. The highest BCUT2D eigenvalue weighted by Crippen LogP contribution is 2.31. The Morgan fingerprint density at radius 2 is 2.06 bits per heavy atom. The third-order valence-electron chi connectivity index (χ3n) is 3.93. The zero-order valence-electron chi connectivity index (χ0n) is 10.4. The fourth-order valence-corrected chi connectivity index (χ4v) is 3.49. The molecule has 1 aliphatic carbocycles. The summed E-state index contributed by atoms with van der Waals surface area (Å²) < 4.78 is 3.24. The fourth-order valence-electron chi connectivity index (χ4n) is 2.92. The molecule has 0 saturated heterocycles. The summed E-state index contributed by atoms with van der Waals surface area (Å²) in [6.45, 7) is 1.07. The van der Waals surface area contributed by atoms with Crippen LogP contribution in [-0.4, -0.2) is 9.55 Å². The first kappa shape index (κ1) is 12.0. The van der Waals surface area contributed by atoms with Gasteiger partial charge in [-0.2, -0.15) is 0 Å². The molecule has 0 radical (unpaired) electrons. The molecule has 3 nitrogen and oxygen atoms in total. The molecule has 1 saturated carbocycles. The molecule has 2 aromatic rings. The van der Waals surface area contributed by atoms with E-state index in [9.17, 15) is 0 Å². The fraction of sp³-hybridized carbons (Fsp3) is 0.500. The van der Waals surface area contributed by atoms with Crippen LogP contribution in [0.3, 0.4) is 0 Å². The molecule has 1 aromatic heterocycles. The van der Waals surface area contributed by atoms with E-state index >= 15 is 0 Å². The number of rotatable bonds is 2. The molecule has 0 spiro atoms. The van der Waals surface area contributed by atoms with Crippen LogP contribution in [0.4, 0.5) is 5.69 Å². The van der Waals surface area contributed by atoms with Crippen molar-refractivity contribution in [2.75, 3.05) is 5.73 Å². The molecular formula is C14H18BrN3. The summed E-state index contributed by atoms with van der Waals surface area (Å²) in [5.41, 5.74) is 8.90. The Kier molecular flexibility index (Phi) is 3.29. The van der Waals surface area contributed by atoms with Crippen molar-refractivity contribution in [3.63, 3.8) is 0 Å². The molecule has 1 aliphatic rings. The van der Waals surface area contributed by atoms with Crippen molar-refractivity contribution in [3.8, 4) is 0 Å². The van der Waals surface area contributed by atoms with Crippen LogP contribution in [0.1, 0.15) is 32.1 Å². The second kappa shape index (κ2) is 4.92. The normalized spacial score (nSPS) is 17.4. The van der Waals surface area contributed by atoms with Crippen LogP contribution >= 0.6 is 15.9 Å². The zero-order chi connectivity index (χ0) is 12.5. The Balaban J connectivity index is 1.94. The maximum Gasteiger partial charge on any atom is 0.0958 e. The van der Waals surface area contributed by atoms with Crippen LogP contribution in [0.5, 0.6) is 0 Å². The average Bonchev–Trinajstić information content (AvgIpc) is 2.79. The number of anilines is 1. The van der Waals surface area contributed by atoms with Gasteiger partial charge in [0.25, 0.3) is 0 Å². The number of aromatic nitrogens is 2. The standard InChI is InChI=1S/C14H18BrN3/c15-13-11(16)6-7-12-14(13)18(9-17-12)8-10-4-2-1-3-5-10/h6-7,9-10H,1-5,8,16H2. The summed E-state index contributed by atoms with van der Waals surface area (Å²) in [6.07, 6.45) is 8.79. The quantitative estimate of drug-likeness (QED) is 0.853. The molecule has 0 amide bonds. The van der Waals surface area contributed by atoms with Crippen LogP contribution in [0.15, 0.2) is 22.9 Å². The first-order valence-electron chi connectivity index (χ1n) is 6.64. The Bertz CT molecular complexity index is 555. The van der Waals surface area contributed by atoms with Gasteiger partial charge < -0.3 is 10.3 Å². The number of fused-ring (bicyclic) bond motifs is 1. The summed E-state index contributed by atoms with van der Waals surface area (Å²) >= 11 is 3.59. The lowest BCUT2D eigenvalue weighted by Crippen LogP contribution is -2.13. The summed E-state index contributed by atoms with van der Waals surface area (Å²) in [5.74, 6) is 0.796. The summed E-state index contributed by atoms with van der Waals surface area (Å²) in [6, 6.07) is 3.90. The molecule has 0 bridgehead atoms. The highest BCUT2D eigenvalue weighted by Gasteiger charge is 2.16. The van der Waals surface area contributed by atoms with Crippen LogP contribution in [0.25, 0.3) is 11.0 Å². The van der Waals surface area contributed by atoms with E-state index in [1.165, 1.54) is 32.1 Å². The van der Waals surface area contributed by atoms with Gasteiger partial charge in [-0.3, -0.25) is 0 Å². The summed E-state index contributed by atoms with van der Waals surface area (Å²) in [5, 5.41) is 0. The molecule has 1 heterocycles. The second-order valence-electron chi connectivity index (χ2n) is 5.24. The van der Waals surface area contributed by atoms with Gasteiger partial charge in [-0.1, -0.05) is 19.3 Å². The predicted molar refractivity (Wildman–Crippen MR) is 78.4 cm³/mol. The Labute approximate surface area is 116 Å².